The van der Waals surface area contributed by atoms with E-state index in [1.165, 1.54) is 13.1 Å². The highest BCUT2D eigenvalue weighted by Gasteiger charge is 2.13. The fraction of sp³-hybridized carbons (Fsp3) is 0.217. The van der Waals surface area contributed by atoms with Crippen molar-refractivity contribution >= 4 is 12.0 Å². The molecule has 1 heterocycles. The normalized spacial score (nSPS) is 11.3. The van der Waals surface area contributed by atoms with Crippen LogP contribution in [0.25, 0.3) is 17.3 Å². The van der Waals surface area contributed by atoms with Crippen LogP contribution in [0.4, 0.5) is 0 Å². The number of aromatic nitrogens is 2. The summed E-state index contributed by atoms with van der Waals surface area (Å²) >= 11 is 0. The molecule has 2 N–H and O–H groups in total. The summed E-state index contributed by atoms with van der Waals surface area (Å²) < 4.78 is 0. The topological polar surface area (TPSA) is 72.5 Å². The van der Waals surface area contributed by atoms with Crippen molar-refractivity contribution in [1.82, 2.24) is 19.9 Å². The number of carbonyl (C=O) groups excluding carboxylic acids is 1. The molecule has 0 radical (unpaired) electrons. The van der Waals surface area contributed by atoms with Crippen molar-refractivity contribution in [2.24, 2.45) is 0 Å². The third kappa shape index (κ3) is 5.63. The number of aromatic amines is 1. The van der Waals surface area contributed by atoms with Gasteiger partial charge >= 0.3 is 0 Å². The number of H-pyrrole nitrogens is 1. The lowest BCUT2D eigenvalue weighted by Crippen LogP contribution is -2.19. The Labute approximate surface area is 171 Å². The summed E-state index contributed by atoms with van der Waals surface area (Å²) in [7, 11) is 5.38. The lowest BCUT2D eigenvalue weighted by molar-refractivity contribution is -0.153. The number of carbonyl (C=O) groups is 1. The van der Waals surface area contributed by atoms with Gasteiger partial charge < -0.3 is 9.88 Å². The summed E-state index contributed by atoms with van der Waals surface area (Å²) in [5.41, 5.74) is 5.20. The molecule has 0 saturated carbocycles. The van der Waals surface area contributed by atoms with E-state index >= 15 is 0 Å². The molecule has 0 aliphatic heterocycles. The van der Waals surface area contributed by atoms with Gasteiger partial charge in [0.05, 0.1) is 11.4 Å². The molecule has 150 valence electrons. The van der Waals surface area contributed by atoms with Crippen LogP contribution in [0.3, 0.4) is 0 Å². The first-order valence-electron chi connectivity index (χ1n) is 9.44. The molecule has 3 rings (SSSR count). The van der Waals surface area contributed by atoms with E-state index in [4.69, 9.17) is 10.2 Å². The Balaban J connectivity index is 1.78. The number of amides is 1. The van der Waals surface area contributed by atoms with Gasteiger partial charge in [0.2, 0.25) is 0 Å². The molecule has 1 amide bonds. The average Bonchev–Trinajstić information content (AvgIpc) is 3.09. The first-order chi connectivity index (χ1) is 13.9. The minimum absolute atomic E-state index is 0.466. The van der Waals surface area contributed by atoms with Crippen molar-refractivity contribution in [2.75, 3.05) is 21.1 Å². The second-order valence-corrected chi connectivity index (χ2v) is 7.23. The minimum Gasteiger partial charge on any atom is -0.344 e. The van der Waals surface area contributed by atoms with Crippen molar-refractivity contribution in [3.63, 3.8) is 0 Å². The molecule has 1 aromatic heterocycles. The molecule has 2 aromatic carbocycles. The Hall–Kier alpha value is -3.22. The molecule has 6 nitrogen and oxygen atoms in total. The van der Waals surface area contributed by atoms with Crippen LogP contribution in [0.15, 0.2) is 60.7 Å². The summed E-state index contributed by atoms with van der Waals surface area (Å²) in [6.07, 6.45) is 3.70. The van der Waals surface area contributed by atoms with Gasteiger partial charge in [0.25, 0.3) is 5.91 Å². The van der Waals surface area contributed by atoms with E-state index in [1.54, 1.807) is 6.08 Å². The number of nitrogens with zero attached hydrogens (tertiary/aromatic N) is 3. The molecule has 0 fully saturated rings. The first-order valence-corrected chi connectivity index (χ1v) is 9.44. The van der Waals surface area contributed by atoms with Gasteiger partial charge in [-0.2, -0.15) is 0 Å². The maximum atomic E-state index is 11.4. The number of hydrogen-bond acceptors (Lipinski definition) is 4. The maximum absolute atomic E-state index is 11.4. The van der Waals surface area contributed by atoms with Crippen LogP contribution in [0, 0.1) is 0 Å². The monoisotopic (exact) mass is 390 g/mol. The maximum Gasteiger partial charge on any atom is 0.269 e. The van der Waals surface area contributed by atoms with Gasteiger partial charge in [-0.1, -0.05) is 54.6 Å². The zero-order chi connectivity index (χ0) is 20.8. The van der Waals surface area contributed by atoms with Gasteiger partial charge in [0.1, 0.15) is 5.82 Å². The SMILES string of the molecule is CN(C)Cc1[nH]c(Cc2ccc(/C=C/C(=O)N(C)O)cc2)nc1-c1ccccc1. The number of benzene rings is 2. The van der Waals surface area contributed by atoms with Crippen molar-refractivity contribution in [3.05, 3.63) is 83.3 Å². The molecule has 3 aromatic rings. The molecule has 0 spiro atoms. The zero-order valence-electron chi connectivity index (χ0n) is 17.0. The van der Waals surface area contributed by atoms with E-state index in [1.807, 2.05) is 56.6 Å². The quantitative estimate of drug-likeness (QED) is 0.367. The van der Waals surface area contributed by atoms with Gasteiger partial charge in [-0.25, -0.2) is 10.0 Å². The van der Waals surface area contributed by atoms with Crippen LogP contribution in [0.2, 0.25) is 0 Å². The third-order valence-electron chi connectivity index (χ3n) is 4.44. The molecule has 6 heteroatoms. The summed E-state index contributed by atoms with van der Waals surface area (Å²) in [5, 5.41) is 9.64. The van der Waals surface area contributed by atoms with Crippen LogP contribution < -0.4 is 0 Å². The second-order valence-electron chi connectivity index (χ2n) is 7.23. The first kappa shape index (κ1) is 20.5. The number of likely N-dealkylation sites (N-methyl/N-ethyl adjacent to an activating group) is 1. The second kappa shape index (κ2) is 9.32. The lowest BCUT2D eigenvalue weighted by atomic mass is 10.1. The average molecular weight is 390 g/mol. The summed E-state index contributed by atoms with van der Waals surface area (Å²) in [4.78, 5) is 21.9. The van der Waals surface area contributed by atoms with Gasteiger partial charge in [-0.15, -0.1) is 0 Å². The van der Waals surface area contributed by atoms with Crippen molar-refractivity contribution < 1.29 is 10.0 Å². The van der Waals surface area contributed by atoms with Crippen molar-refractivity contribution in [1.29, 1.82) is 0 Å². The largest absolute Gasteiger partial charge is 0.344 e. The van der Waals surface area contributed by atoms with Crippen molar-refractivity contribution in [2.45, 2.75) is 13.0 Å². The zero-order valence-corrected chi connectivity index (χ0v) is 17.0. The number of rotatable bonds is 7. The molecule has 0 aliphatic carbocycles. The van der Waals surface area contributed by atoms with Gasteiger partial charge in [0, 0.05) is 31.7 Å². The number of hydrogen-bond donors (Lipinski definition) is 2. The third-order valence-corrected chi connectivity index (χ3v) is 4.44. The Kier molecular flexibility index (Phi) is 6.59. The van der Waals surface area contributed by atoms with E-state index in [2.05, 4.69) is 22.0 Å². The highest BCUT2D eigenvalue weighted by atomic mass is 16.5. The van der Waals surface area contributed by atoms with Crippen LogP contribution in [-0.2, 0) is 17.8 Å². The number of imidazole rings is 1. The Morgan fingerprint density at radius 3 is 2.38 bits per heavy atom. The van der Waals surface area contributed by atoms with E-state index in [0.717, 1.165) is 40.4 Å². The number of nitrogens with one attached hydrogen (secondary N) is 1. The molecule has 29 heavy (non-hydrogen) atoms. The fourth-order valence-corrected chi connectivity index (χ4v) is 3.03. The Bertz CT molecular complexity index is 974. The van der Waals surface area contributed by atoms with Crippen molar-refractivity contribution in [3.8, 4) is 11.3 Å². The highest BCUT2D eigenvalue weighted by molar-refractivity contribution is 5.90. The van der Waals surface area contributed by atoms with Gasteiger partial charge in [-0.3, -0.25) is 10.0 Å². The molecular weight excluding hydrogens is 364 g/mol. The smallest absolute Gasteiger partial charge is 0.269 e. The van der Waals surface area contributed by atoms with E-state index in [-0.39, 0.29) is 0 Å². The summed E-state index contributed by atoms with van der Waals surface area (Å²) in [6.45, 7) is 0.786. The van der Waals surface area contributed by atoms with Crippen LogP contribution >= 0.6 is 0 Å². The molecule has 0 atom stereocenters. The van der Waals surface area contributed by atoms with Crippen LogP contribution in [0.5, 0.6) is 0 Å². The summed E-state index contributed by atoms with van der Waals surface area (Å²) in [6, 6.07) is 18.1. The van der Waals surface area contributed by atoms with E-state index < -0.39 is 5.91 Å². The van der Waals surface area contributed by atoms with Gasteiger partial charge in [0.15, 0.2) is 0 Å². The molecule has 0 saturated heterocycles. The molecular formula is C23H26N4O2. The summed E-state index contributed by atoms with van der Waals surface area (Å²) in [5.74, 6) is 0.451. The standard InChI is InChI=1S/C23H26N4O2/c1-26(2)16-20-23(19-7-5-4-6-8-19)25-21(24-20)15-18-11-9-17(10-12-18)13-14-22(28)27(3)29/h4-14,29H,15-16H2,1-3H3,(H,24,25)/b14-13+. The predicted octanol–water partition coefficient (Wildman–Crippen LogP) is 3.59. The van der Waals surface area contributed by atoms with Crippen LogP contribution in [-0.4, -0.2) is 52.2 Å². The Morgan fingerprint density at radius 1 is 1.07 bits per heavy atom. The lowest BCUT2D eigenvalue weighted by Gasteiger charge is -2.09. The minimum atomic E-state index is -0.466. The number of hydroxylamine groups is 2. The molecule has 0 bridgehead atoms. The molecule has 0 aliphatic rings. The predicted molar refractivity (Wildman–Crippen MR) is 114 cm³/mol. The highest BCUT2D eigenvalue weighted by Crippen LogP contribution is 2.23. The fourth-order valence-electron chi connectivity index (χ4n) is 3.03. The Morgan fingerprint density at radius 2 is 1.76 bits per heavy atom. The van der Waals surface area contributed by atoms with E-state index in [0.29, 0.717) is 11.5 Å². The molecule has 0 unspecified atom stereocenters. The van der Waals surface area contributed by atoms with Crippen LogP contribution in [0.1, 0.15) is 22.6 Å². The van der Waals surface area contributed by atoms with Gasteiger partial charge in [-0.05, 0) is 31.3 Å². The van der Waals surface area contributed by atoms with E-state index in [9.17, 15) is 4.79 Å².